The van der Waals surface area contributed by atoms with Crippen LogP contribution in [-0.4, -0.2) is 39.6 Å². The number of amides is 3. The summed E-state index contributed by atoms with van der Waals surface area (Å²) in [7, 11) is 1.60. The van der Waals surface area contributed by atoms with Crippen LogP contribution >= 0.6 is 11.8 Å². The van der Waals surface area contributed by atoms with Crippen molar-refractivity contribution >= 4 is 29.4 Å². The van der Waals surface area contributed by atoms with Gasteiger partial charge < -0.3 is 14.6 Å². The molecule has 0 radical (unpaired) electrons. The first-order valence-electron chi connectivity index (χ1n) is 8.97. The number of ether oxygens (including phenoxy) is 1. The van der Waals surface area contributed by atoms with Crippen LogP contribution < -0.4 is 15.4 Å². The first-order valence-corrected chi connectivity index (χ1v) is 9.96. The number of rotatable bonds is 7. The normalized spacial score (nSPS) is 10.4. The number of imide groups is 1. The lowest BCUT2D eigenvalue weighted by molar-refractivity contribution is -0.117. The maximum Gasteiger partial charge on any atom is 0.325 e. The minimum Gasteiger partial charge on any atom is -0.496 e. The number of para-hydroxylation sites is 2. The van der Waals surface area contributed by atoms with Crippen molar-refractivity contribution in [1.82, 2.24) is 20.1 Å². The van der Waals surface area contributed by atoms with Crippen molar-refractivity contribution in [3.05, 3.63) is 54.6 Å². The zero-order valence-electron chi connectivity index (χ0n) is 16.1. The van der Waals surface area contributed by atoms with Gasteiger partial charge in [-0.2, -0.15) is 0 Å². The van der Waals surface area contributed by atoms with Crippen molar-refractivity contribution < 1.29 is 14.3 Å². The van der Waals surface area contributed by atoms with Gasteiger partial charge in [-0.15, -0.1) is 10.2 Å². The average Bonchev–Trinajstić information content (AvgIpc) is 3.15. The number of nitrogens with one attached hydrogen (secondary N) is 2. The molecule has 1 heterocycles. The van der Waals surface area contributed by atoms with E-state index in [-0.39, 0.29) is 5.75 Å². The molecule has 0 atom stereocenters. The van der Waals surface area contributed by atoms with Gasteiger partial charge in [0.1, 0.15) is 5.75 Å². The second kappa shape index (κ2) is 9.74. The lowest BCUT2D eigenvalue weighted by Gasteiger charge is -2.10. The highest BCUT2D eigenvalue weighted by atomic mass is 32.2. The molecule has 0 aliphatic rings. The van der Waals surface area contributed by atoms with Crippen LogP contribution in [0.1, 0.15) is 6.92 Å². The van der Waals surface area contributed by atoms with Crippen molar-refractivity contribution in [3.63, 3.8) is 0 Å². The number of benzene rings is 2. The minimum absolute atomic E-state index is 0.0340. The molecule has 3 rings (SSSR count). The number of thioether (sulfide) groups is 1. The maximum atomic E-state index is 12.1. The van der Waals surface area contributed by atoms with E-state index in [2.05, 4.69) is 20.8 Å². The van der Waals surface area contributed by atoms with Gasteiger partial charge in [-0.3, -0.25) is 10.1 Å². The van der Waals surface area contributed by atoms with Crippen LogP contribution in [0.2, 0.25) is 0 Å². The maximum absolute atomic E-state index is 12.1. The molecule has 3 aromatic rings. The van der Waals surface area contributed by atoms with Gasteiger partial charge in [-0.05, 0) is 31.2 Å². The summed E-state index contributed by atoms with van der Waals surface area (Å²) >= 11 is 1.21. The zero-order valence-corrected chi connectivity index (χ0v) is 16.9. The third-order valence-corrected chi connectivity index (χ3v) is 4.96. The van der Waals surface area contributed by atoms with Crippen LogP contribution in [0.5, 0.6) is 5.75 Å². The van der Waals surface area contributed by atoms with Gasteiger partial charge in [0.05, 0.1) is 18.4 Å². The SMILES string of the molecule is CCn1c(SCC(=O)NC(=O)Nc2ccccc2)nnc1-c1ccccc1OC. The third kappa shape index (κ3) is 5.14. The van der Waals surface area contributed by atoms with Crippen LogP contribution in [0.15, 0.2) is 59.8 Å². The van der Waals surface area contributed by atoms with Gasteiger partial charge in [0.25, 0.3) is 0 Å². The summed E-state index contributed by atoms with van der Waals surface area (Å²) in [5.74, 6) is 0.968. The number of carbonyl (C=O) groups is 2. The number of nitrogens with zero attached hydrogens (tertiary/aromatic N) is 3. The molecule has 2 aromatic carbocycles. The molecule has 2 N–H and O–H groups in total. The monoisotopic (exact) mass is 411 g/mol. The van der Waals surface area contributed by atoms with Crippen LogP contribution in [0, 0.1) is 0 Å². The lowest BCUT2D eigenvalue weighted by atomic mass is 10.2. The Kier molecular flexibility index (Phi) is 6.85. The molecule has 0 spiro atoms. The van der Waals surface area contributed by atoms with E-state index in [0.29, 0.717) is 29.0 Å². The number of methoxy groups -OCH3 is 1. The molecule has 0 saturated carbocycles. The molecule has 29 heavy (non-hydrogen) atoms. The van der Waals surface area contributed by atoms with E-state index >= 15 is 0 Å². The molecule has 9 heteroatoms. The summed E-state index contributed by atoms with van der Waals surface area (Å²) in [5.41, 5.74) is 1.43. The number of hydrogen-bond acceptors (Lipinski definition) is 6. The van der Waals surface area contributed by atoms with Crippen LogP contribution in [0.4, 0.5) is 10.5 Å². The Labute approximate surface area is 172 Å². The smallest absolute Gasteiger partial charge is 0.325 e. The van der Waals surface area contributed by atoms with E-state index in [1.54, 1.807) is 31.4 Å². The largest absolute Gasteiger partial charge is 0.496 e. The fourth-order valence-electron chi connectivity index (χ4n) is 2.69. The summed E-state index contributed by atoms with van der Waals surface area (Å²) in [4.78, 5) is 24.0. The molecule has 1 aromatic heterocycles. The Balaban J connectivity index is 1.63. The van der Waals surface area contributed by atoms with Crippen LogP contribution in [0.3, 0.4) is 0 Å². The van der Waals surface area contributed by atoms with Gasteiger partial charge in [0, 0.05) is 12.2 Å². The second-order valence-electron chi connectivity index (χ2n) is 5.91. The van der Waals surface area contributed by atoms with Crippen molar-refractivity contribution in [1.29, 1.82) is 0 Å². The van der Waals surface area contributed by atoms with E-state index in [1.165, 1.54) is 11.8 Å². The number of aromatic nitrogens is 3. The van der Waals surface area contributed by atoms with Gasteiger partial charge >= 0.3 is 6.03 Å². The molecule has 0 fully saturated rings. The van der Waals surface area contributed by atoms with Gasteiger partial charge in [0.2, 0.25) is 5.91 Å². The standard InChI is InChI=1S/C20H21N5O3S/c1-3-25-18(15-11-7-8-12-16(15)28-2)23-24-20(25)29-13-17(26)22-19(27)21-14-9-5-4-6-10-14/h4-12H,3,13H2,1-2H3,(H2,21,22,26,27). The summed E-state index contributed by atoms with van der Waals surface area (Å²) in [6.45, 7) is 2.60. The third-order valence-electron chi connectivity index (χ3n) is 4.00. The lowest BCUT2D eigenvalue weighted by Crippen LogP contribution is -2.35. The van der Waals surface area contributed by atoms with E-state index in [4.69, 9.17) is 4.74 Å². The molecule has 0 aliphatic heterocycles. The fourth-order valence-corrected chi connectivity index (χ4v) is 3.49. The van der Waals surface area contributed by atoms with Crippen molar-refractivity contribution in [2.45, 2.75) is 18.6 Å². The molecular weight excluding hydrogens is 390 g/mol. The highest BCUT2D eigenvalue weighted by Crippen LogP contribution is 2.30. The van der Waals surface area contributed by atoms with Gasteiger partial charge in [0.15, 0.2) is 11.0 Å². The number of carbonyl (C=O) groups excluding carboxylic acids is 2. The van der Waals surface area contributed by atoms with Crippen molar-refractivity contribution in [2.24, 2.45) is 0 Å². The molecule has 150 valence electrons. The Morgan fingerprint density at radius 1 is 1.07 bits per heavy atom. The quantitative estimate of drug-likeness (QED) is 0.578. The predicted molar refractivity (Wildman–Crippen MR) is 112 cm³/mol. The fraction of sp³-hybridized carbons (Fsp3) is 0.200. The summed E-state index contributed by atoms with van der Waals surface area (Å²) in [6, 6.07) is 15.9. The van der Waals surface area contributed by atoms with E-state index in [9.17, 15) is 9.59 Å². The zero-order chi connectivity index (χ0) is 20.6. The first kappa shape index (κ1) is 20.4. The number of anilines is 1. The second-order valence-corrected chi connectivity index (χ2v) is 6.85. The molecule has 0 saturated heterocycles. The Morgan fingerprint density at radius 3 is 2.52 bits per heavy atom. The molecule has 0 unspecified atom stereocenters. The Bertz CT molecular complexity index is 991. The number of urea groups is 1. The molecule has 0 bridgehead atoms. The highest BCUT2D eigenvalue weighted by molar-refractivity contribution is 7.99. The van der Waals surface area contributed by atoms with E-state index in [1.807, 2.05) is 41.8 Å². The van der Waals surface area contributed by atoms with Crippen LogP contribution in [0.25, 0.3) is 11.4 Å². The van der Waals surface area contributed by atoms with E-state index in [0.717, 1.165) is 5.56 Å². The molecule has 0 aliphatic carbocycles. The highest BCUT2D eigenvalue weighted by Gasteiger charge is 2.17. The van der Waals surface area contributed by atoms with Crippen molar-refractivity contribution in [2.75, 3.05) is 18.2 Å². The minimum atomic E-state index is -0.575. The molecule has 3 amide bonds. The molecular formula is C20H21N5O3S. The first-order chi connectivity index (χ1) is 14.1. The summed E-state index contributed by atoms with van der Waals surface area (Å²) < 4.78 is 7.31. The van der Waals surface area contributed by atoms with E-state index < -0.39 is 11.9 Å². The van der Waals surface area contributed by atoms with Crippen molar-refractivity contribution in [3.8, 4) is 17.1 Å². The topological polar surface area (TPSA) is 98.1 Å². The van der Waals surface area contributed by atoms with Gasteiger partial charge in [-0.1, -0.05) is 42.1 Å². The predicted octanol–water partition coefficient (Wildman–Crippen LogP) is 3.41. The Morgan fingerprint density at radius 2 is 1.79 bits per heavy atom. The summed E-state index contributed by atoms with van der Waals surface area (Å²) in [5, 5.41) is 14.0. The van der Waals surface area contributed by atoms with Crippen LogP contribution in [-0.2, 0) is 11.3 Å². The Hall–Kier alpha value is -3.33. The number of hydrogen-bond donors (Lipinski definition) is 2. The summed E-state index contributed by atoms with van der Waals surface area (Å²) in [6.07, 6.45) is 0. The molecule has 8 nitrogen and oxygen atoms in total. The average molecular weight is 411 g/mol. The van der Waals surface area contributed by atoms with Gasteiger partial charge in [-0.25, -0.2) is 4.79 Å².